The van der Waals surface area contributed by atoms with Gasteiger partial charge in [0.2, 0.25) is 0 Å². The maximum atomic E-state index is 12.6. The zero-order valence-electron chi connectivity index (χ0n) is 13.7. The van der Waals surface area contributed by atoms with E-state index in [0.29, 0.717) is 18.0 Å². The second-order valence-corrected chi connectivity index (χ2v) is 8.37. The predicted octanol–water partition coefficient (Wildman–Crippen LogP) is 3.67. The van der Waals surface area contributed by atoms with Crippen LogP contribution >= 0.6 is 0 Å². The lowest BCUT2D eigenvalue weighted by atomic mass is 9.99. The Morgan fingerprint density at radius 1 is 1.04 bits per heavy atom. The minimum absolute atomic E-state index is 0.322. The van der Waals surface area contributed by atoms with Crippen molar-refractivity contribution in [3.05, 3.63) is 64.7 Å². The second-order valence-electron chi connectivity index (χ2n) is 6.36. The molecular formula is C18H18F3NO2S. The summed E-state index contributed by atoms with van der Waals surface area (Å²) in [6, 6.07) is 10.4. The van der Waals surface area contributed by atoms with Crippen LogP contribution in [0.5, 0.6) is 0 Å². The Morgan fingerprint density at radius 3 is 2.32 bits per heavy atom. The van der Waals surface area contributed by atoms with Crippen molar-refractivity contribution < 1.29 is 21.6 Å². The van der Waals surface area contributed by atoms with Gasteiger partial charge in [-0.15, -0.1) is 0 Å². The van der Waals surface area contributed by atoms with Crippen LogP contribution in [0, 0.1) is 0 Å². The number of fused-ring (bicyclic) bond motifs is 1. The van der Waals surface area contributed by atoms with Crippen LogP contribution in [0.4, 0.5) is 13.2 Å². The molecule has 0 amide bonds. The second kappa shape index (κ2) is 6.46. The highest BCUT2D eigenvalue weighted by Crippen LogP contribution is 2.29. The van der Waals surface area contributed by atoms with Crippen LogP contribution in [0.2, 0.25) is 0 Å². The normalized spacial score (nSPS) is 15.8. The molecule has 2 aromatic rings. The van der Waals surface area contributed by atoms with Crippen molar-refractivity contribution in [2.24, 2.45) is 0 Å². The minimum Gasteiger partial charge on any atom is -0.294 e. The summed E-state index contributed by atoms with van der Waals surface area (Å²) in [5, 5.41) is 0. The van der Waals surface area contributed by atoms with Crippen molar-refractivity contribution in [3.8, 4) is 0 Å². The van der Waals surface area contributed by atoms with E-state index in [1.807, 2.05) is 6.07 Å². The molecule has 25 heavy (non-hydrogen) atoms. The fraction of sp³-hybridized carbons (Fsp3) is 0.333. The first-order chi connectivity index (χ1) is 11.6. The highest BCUT2D eigenvalue weighted by Gasteiger charge is 2.30. The Balaban J connectivity index is 1.71. The van der Waals surface area contributed by atoms with Gasteiger partial charge in [-0.05, 0) is 47.4 Å². The topological polar surface area (TPSA) is 37.4 Å². The lowest BCUT2D eigenvalue weighted by molar-refractivity contribution is -0.137. The van der Waals surface area contributed by atoms with E-state index in [1.54, 1.807) is 12.1 Å². The average molecular weight is 369 g/mol. The van der Waals surface area contributed by atoms with Gasteiger partial charge in [0.1, 0.15) is 0 Å². The lowest BCUT2D eigenvalue weighted by Gasteiger charge is -2.29. The molecule has 0 unspecified atom stereocenters. The first kappa shape index (κ1) is 17.9. The summed E-state index contributed by atoms with van der Waals surface area (Å²) in [6.07, 6.45) is -2.41. The van der Waals surface area contributed by atoms with Gasteiger partial charge in [-0.1, -0.05) is 18.2 Å². The summed E-state index contributed by atoms with van der Waals surface area (Å²) in [4.78, 5) is 2.47. The van der Waals surface area contributed by atoms with E-state index < -0.39 is 21.6 Å². The van der Waals surface area contributed by atoms with Crippen LogP contribution in [0.15, 0.2) is 47.4 Å². The van der Waals surface area contributed by atoms with E-state index in [-0.39, 0.29) is 0 Å². The van der Waals surface area contributed by atoms with Crippen molar-refractivity contribution in [2.75, 3.05) is 12.8 Å². The van der Waals surface area contributed by atoms with E-state index in [0.717, 1.165) is 41.8 Å². The number of benzene rings is 2. The number of rotatable bonds is 3. The van der Waals surface area contributed by atoms with Gasteiger partial charge in [0.15, 0.2) is 9.84 Å². The minimum atomic E-state index is -4.32. The first-order valence-electron chi connectivity index (χ1n) is 7.83. The third-order valence-corrected chi connectivity index (χ3v) is 5.49. The number of halogens is 3. The maximum Gasteiger partial charge on any atom is 0.416 e. The molecule has 3 rings (SSSR count). The molecular weight excluding hydrogens is 351 g/mol. The Morgan fingerprint density at radius 2 is 1.72 bits per heavy atom. The number of alkyl halides is 3. The van der Waals surface area contributed by atoms with E-state index in [9.17, 15) is 21.6 Å². The van der Waals surface area contributed by atoms with Crippen molar-refractivity contribution in [1.29, 1.82) is 0 Å². The fourth-order valence-corrected chi connectivity index (χ4v) is 3.68. The molecule has 2 aromatic carbocycles. The number of hydrogen-bond acceptors (Lipinski definition) is 3. The van der Waals surface area contributed by atoms with Gasteiger partial charge in [0, 0.05) is 25.9 Å². The standard InChI is InChI=1S/C18H18F3NO2S/c1-25(23,24)17-7-4-15-12-22(9-8-14(15)10-17)11-13-2-5-16(6-3-13)18(19,20)21/h2-7,10H,8-9,11-12H2,1H3. The van der Waals surface area contributed by atoms with Crippen LogP contribution in [0.25, 0.3) is 0 Å². The molecule has 7 heteroatoms. The van der Waals surface area contributed by atoms with Gasteiger partial charge in [-0.25, -0.2) is 8.42 Å². The summed E-state index contributed by atoms with van der Waals surface area (Å²) in [7, 11) is -3.22. The molecule has 1 heterocycles. The van der Waals surface area contributed by atoms with Gasteiger partial charge >= 0.3 is 6.18 Å². The van der Waals surface area contributed by atoms with Crippen molar-refractivity contribution in [3.63, 3.8) is 0 Å². The highest BCUT2D eigenvalue weighted by atomic mass is 32.2. The monoisotopic (exact) mass is 369 g/mol. The van der Waals surface area contributed by atoms with E-state index >= 15 is 0 Å². The van der Waals surface area contributed by atoms with Crippen LogP contribution in [0.1, 0.15) is 22.3 Å². The zero-order valence-corrected chi connectivity index (χ0v) is 14.5. The smallest absolute Gasteiger partial charge is 0.294 e. The fourth-order valence-electron chi connectivity index (χ4n) is 3.01. The third-order valence-electron chi connectivity index (χ3n) is 4.38. The Labute approximate surface area is 145 Å². The van der Waals surface area contributed by atoms with E-state index in [2.05, 4.69) is 4.90 Å². The van der Waals surface area contributed by atoms with E-state index in [1.165, 1.54) is 18.4 Å². The summed E-state index contributed by atoms with van der Waals surface area (Å²) in [5.74, 6) is 0. The van der Waals surface area contributed by atoms with Crippen LogP contribution in [-0.4, -0.2) is 26.1 Å². The first-order valence-corrected chi connectivity index (χ1v) is 9.72. The van der Waals surface area contributed by atoms with Crippen molar-refractivity contribution >= 4 is 9.84 Å². The van der Waals surface area contributed by atoms with Gasteiger partial charge in [-0.2, -0.15) is 13.2 Å². The van der Waals surface area contributed by atoms with Gasteiger partial charge in [0.05, 0.1) is 10.5 Å². The molecule has 0 atom stereocenters. The number of hydrogen-bond donors (Lipinski definition) is 0. The molecule has 0 saturated heterocycles. The molecule has 0 N–H and O–H groups in total. The zero-order chi connectivity index (χ0) is 18.2. The third kappa shape index (κ3) is 4.22. The average Bonchev–Trinajstić information content (AvgIpc) is 2.53. The molecule has 0 aliphatic carbocycles. The Hall–Kier alpha value is -1.86. The Bertz CT molecular complexity index is 874. The molecule has 3 nitrogen and oxygen atoms in total. The van der Waals surface area contributed by atoms with Crippen molar-refractivity contribution in [2.45, 2.75) is 30.6 Å². The van der Waals surface area contributed by atoms with Crippen LogP contribution in [-0.2, 0) is 35.5 Å². The molecule has 0 spiro atoms. The van der Waals surface area contributed by atoms with Crippen molar-refractivity contribution in [1.82, 2.24) is 4.90 Å². The molecule has 0 radical (unpaired) electrons. The summed E-state index contributed by atoms with van der Waals surface area (Å²) in [5.41, 5.74) is 2.26. The molecule has 0 aromatic heterocycles. The lowest BCUT2D eigenvalue weighted by Crippen LogP contribution is -2.30. The predicted molar refractivity (Wildman–Crippen MR) is 88.8 cm³/mol. The van der Waals surface area contributed by atoms with E-state index in [4.69, 9.17) is 0 Å². The molecule has 0 fully saturated rings. The number of nitrogens with zero attached hydrogens (tertiary/aromatic N) is 1. The van der Waals surface area contributed by atoms with Gasteiger partial charge < -0.3 is 0 Å². The largest absolute Gasteiger partial charge is 0.416 e. The quantitative estimate of drug-likeness (QED) is 0.829. The van der Waals surface area contributed by atoms with Gasteiger partial charge in [-0.3, -0.25) is 4.90 Å². The SMILES string of the molecule is CS(=O)(=O)c1ccc2c(c1)CCN(Cc1ccc(C(F)(F)F)cc1)C2. The molecule has 0 saturated carbocycles. The molecule has 1 aliphatic heterocycles. The van der Waals surface area contributed by atoms with Gasteiger partial charge in [0.25, 0.3) is 0 Å². The summed E-state index contributed by atoms with van der Waals surface area (Å²) in [6.45, 7) is 1.95. The Kier molecular flexibility index (Phi) is 4.64. The molecule has 0 bridgehead atoms. The summed E-state index contributed by atoms with van der Waals surface area (Å²) < 4.78 is 61.1. The molecule has 1 aliphatic rings. The molecule has 134 valence electrons. The number of sulfone groups is 1. The maximum absolute atomic E-state index is 12.6. The van der Waals surface area contributed by atoms with Crippen LogP contribution < -0.4 is 0 Å². The highest BCUT2D eigenvalue weighted by molar-refractivity contribution is 7.90. The van der Waals surface area contributed by atoms with Crippen LogP contribution in [0.3, 0.4) is 0 Å². The summed E-state index contributed by atoms with van der Waals surface area (Å²) >= 11 is 0.